The van der Waals surface area contributed by atoms with Crippen molar-refractivity contribution in [2.45, 2.75) is 25.8 Å². The molecular weight excluding hydrogens is 278 g/mol. The largest absolute Gasteiger partial charge is 0.396 e. The highest BCUT2D eigenvalue weighted by molar-refractivity contribution is 7.87. The molecule has 112 valence electrons. The van der Waals surface area contributed by atoms with Crippen LogP contribution in [0.15, 0.2) is 24.5 Å². The molecule has 2 atom stereocenters. The summed E-state index contributed by atoms with van der Waals surface area (Å²) in [6, 6.07) is 3.29. The predicted octanol–water partition coefficient (Wildman–Crippen LogP) is 0.681. The van der Waals surface area contributed by atoms with Gasteiger partial charge in [-0.1, -0.05) is 6.07 Å². The third kappa shape index (κ3) is 3.76. The van der Waals surface area contributed by atoms with Crippen molar-refractivity contribution in [3.8, 4) is 0 Å². The molecule has 1 fully saturated rings. The van der Waals surface area contributed by atoms with Crippen LogP contribution in [-0.2, 0) is 10.2 Å². The first-order valence-corrected chi connectivity index (χ1v) is 8.25. The van der Waals surface area contributed by atoms with Gasteiger partial charge in [-0.25, -0.2) is 0 Å². The van der Waals surface area contributed by atoms with Crippen molar-refractivity contribution in [3.63, 3.8) is 0 Å². The van der Waals surface area contributed by atoms with E-state index in [-0.39, 0.29) is 18.6 Å². The van der Waals surface area contributed by atoms with Crippen LogP contribution < -0.4 is 4.72 Å². The van der Waals surface area contributed by atoms with E-state index in [1.807, 2.05) is 6.07 Å². The zero-order valence-corrected chi connectivity index (χ0v) is 12.4. The summed E-state index contributed by atoms with van der Waals surface area (Å²) in [4.78, 5) is 3.99. The Morgan fingerprint density at radius 2 is 2.40 bits per heavy atom. The lowest BCUT2D eigenvalue weighted by Crippen LogP contribution is -2.47. The van der Waals surface area contributed by atoms with Gasteiger partial charge in [0.15, 0.2) is 0 Å². The van der Waals surface area contributed by atoms with Crippen molar-refractivity contribution >= 4 is 10.2 Å². The molecule has 0 bridgehead atoms. The van der Waals surface area contributed by atoms with E-state index in [1.165, 1.54) is 4.31 Å². The van der Waals surface area contributed by atoms with Gasteiger partial charge in [-0.3, -0.25) is 4.98 Å². The SMILES string of the molecule is CC(NS(=O)(=O)N1CCCC(CO)C1)c1cccnc1. The molecular formula is C13H21N3O3S. The van der Waals surface area contributed by atoms with Gasteiger partial charge in [0.25, 0.3) is 10.2 Å². The minimum absolute atomic E-state index is 0.0319. The molecule has 1 saturated heterocycles. The topological polar surface area (TPSA) is 82.5 Å². The van der Waals surface area contributed by atoms with Crippen LogP contribution >= 0.6 is 0 Å². The molecule has 2 rings (SSSR count). The van der Waals surface area contributed by atoms with Gasteiger partial charge in [-0.05, 0) is 37.3 Å². The molecule has 0 saturated carbocycles. The van der Waals surface area contributed by atoms with E-state index >= 15 is 0 Å². The van der Waals surface area contributed by atoms with Crippen molar-refractivity contribution in [3.05, 3.63) is 30.1 Å². The summed E-state index contributed by atoms with van der Waals surface area (Å²) in [7, 11) is -3.53. The zero-order chi connectivity index (χ0) is 14.6. The maximum absolute atomic E-state index is 12.3. The third-order valence-corrected chi connectivity index (χ3v) is 5.25. The Morgan fingerprint density at radius 3 is 3.05 bits per heavy atom. The van der Waals surface area contributed by atoms with Gasteiger partial charge >= 0.3 is 0 Å². The van der Waals surface area contributed by atoms with Crippen molar-refractivity contribution in [1.29, 1.82) is 0 Å². The van der Waals surface area contributed by atoms with Gasteiger partial charge in [0.2, 0.25) is 0 Å². The normalized spacial score (nSPS) is 22.6. The fraction of sp³-hybridized carbons (Fsp3) is 0.615. The molecule has 1 aromatic rings. The lowest BCUT2D eigenvalue weighted by atomic mass is 10.0. The number of hydrogen-bond acceptors (Lipinski definition) is 4. The van der Waals surface area contributed by atoms with E-state index in [1.54, 1.807) is 25.4 Å². The molecule has 7 heteroatoms. The second-order valence-corrected chi connectivity index (χ2v) is 6.88. The lowest BCUT2D eigenvalue weighted by molar-refractivity contribution is 0.164. The van der Waals surface area contributed by atoms with Gasteiger partial charge in [-0.15, -0.1) is 0 Å². The summed E-state index contributed by atoms with van der Waals surface area (Å²) in [5, 5.41) is 9.18. The number of nitrogens with zero attached hydrogens (tertiary/aromatic N) is 2. The number of rotatable bonds is 5. The fourth-order valence-corrected chi connectivity index (χ4v) is 3.90. The van der Waals surface area contributed by atoms with E-state index in [9.17, 15) is 13.5 Å². The number of hydrogen-bond donors (Lipinski definition) is 2. The average molecular weight is 299 g/mol. The summed E-state index contributed by atoms with van der Waals surface area (Å²) in [5.74, 6) is 0.0361. The van der Waals surface area contributed by atoms with Crippen LogP contribution in [0.4, 0.5) is 0 Å². The van der Waals surface area contributed by atoms with Gasteiger partial charge in [-0.2, -0.15) is 17.4 Å². The van der Waals surface area contributed by atoms with Crippen LogP contribution in [0.3, 0.4) is 0 Å². The molecule has 2 unspecified atom stereocenters. The minimum atomic E-state index is -3.53. The Balaban J connectivity index is 2.03. The molecule has 0 aromatic carbocycles. The maximum atomic E-state index is 12.3. The number of aromatic nitrogens is 1. The minimum Gasteiger partial charge on any atom is -0.396 e. The van der Waals surface area contributed by atoms with E-state index in [4.69, 9.17) is 0 Å². The highest BCUT2D eigenvalue weighted by Gasteiger charge is 2.29. The molecule has 0 radical (unpaired) electrons. The Labute approximate surface area is 120 Å². The molecule has 0 aliphatic carbocycles. The van der Waals surface area contributed by atoms with E-state index < -0.39 is 10.2 Å². The van der Waals surface area contributed by atoms with Crippen LogP contribution in [0.25, 0.3) is 0 Å². The summed E-state index contributed by atoms with van der Waals surface area (Å²) in [6.07, 6.45) is 4.97. The molecule has 6 nitrogen and oxygen atoms in total. The number of piperidine rings is 1. The van der Waals surface area contributed by atoms with Crippen LogP contribution in [0.5, 0.6) is 0 Å². The Bertz CT molecular complexity index is 521. The Hall–Kier alpha value is -1.02. The lowest BCUT2D eigenvalue weighted by Gasteiger charge is -2.31. The quantitative estimate of drug-likeness (QED) is 0.837. The highest BCUT2D eigenvalue weighted by Crippen LogP contribution is 2.20. The standard InChI is InChI=1S/C13H21N3O3S/c1-11(13-5-2-6-14-8-13)15-20(18,19)16-7-3-4-12(9-16)10-17/h2,5-6,8,11-12,15,17H,3-4,7,9-10H2,1H3. The van der Waals surface area contributed by atoms with E-state index in [2.05, 4.69) is 9.71 Å². The van der Waals surface area contributed by atoms with Crippen molar-refractivity contribution in [2.24, 2.45) is 5.92 Å². The zero-order valence-electron chi connectivity index (χ0n) is 11.6. The van der Waals surface area contributed by atoms with E-state index in [0.29, 0.717) is 13.1 Å². The fourth-order valence-electron chi connectivity index (χ4n) is 2.39. The second-order valence-electron chi connectivity index (χ2n) is 5.18. The number of aliphatic hydroxyl groups is 1. The second kappa shape index (κ2) is 6.62. The van der Waals surface area contributed by atoms with Crippen LogP contribution in [0.2, 0.25) is 0 Å². The Kier molecular flexibility index (Phi) is 5.09. The molecule has 1 aliphatic heterocycles. The number of nitrogens with one attached hydrogen (secondary N) is 1. The molecule has 2 heterocycles. The summed E-state index contributed by atoms with van der Waals surface area (Å²) < 4.78 is 28.8. The third-order valence-electron chi connectivity index (χ3n) is 3.59. The van der Waals surface area contributed by atoms with Gasteiger partial charge in [0.1, 0.15) is 0 Å². The van der Waals surface area contributed by atoms with Crippen LogP contribution in [0, 0.1) is 5.92 Å². The monoisotopic (exact) mass is 299 g/mol. The maximum Gasteiger partial charge on any atom is 0.280 e. The molecule has 1 aliphatic rings. The van der Waals surface area contributed by atoms with Crippen molar-refractivity contribution in [1.82, 2.24) is 14.0 Å². The first-order valence-electron chi connectivity index (χ1n) is 6.81. The first-order chi connectivity index (χ1) is 9.53. The average Bonchev–Trinajstić information content (AvgIpc) is 2.48. The van der Waals surface area contributed by atoms with E-state index in [0.717, 1.165) is 18.4 Å². The van der Waals surface area contributed by atoms with Gasteiger partial charge in [0.05, 0.1) is 0 Å². The van der Waals surface area contributed by atoms with Crippen LogP contribution in [-0.4, -0.2) is 42.5 Å². The highest BCUT2D eigenvalue weighted by atomic mass is 32.2. The smallest absolute Gasteiger partial charge is 0.280 e. The summed E-state index contributed by atoms with van der Waals surface area (Å²) in [5.41, 5.74) is 0.826. The first kappa shape index (κ1) is 15.4. The number of aliphatic hydroxyl groups excluding tert-OH is 1. The molecule has 0 spiro atoms. The molecule has 0 amide bonds. The summed E-state index contributed by atoms with van der Waals surface area (Å²) in [6.45, 7) is 2.71. The van der Waals surface area contributed by atoms with Crippen molar-refractivity contribution < 1.29 is 13.5 Å². The number of pyridine rings is 1. The predicted molar refractivity (Wildman–Crippen MR) is 76.1 cm³/mol. The van der Waals surface area contributed by atoms with Crippen molar-refractivity contribution in [2.75, 3.05) is 19.7 Å². The van der Waals surface area contributed by atoms with Gasteiger partial charge in [0, 0.05) is 38.1 Å². The van der Waals surface area contributed by atoms with Gasteiger partial charge < -0.3 is 5.11 Å². The molecule has 2 N–H and O–H groups in total. The molecule has 20 heavy (non-hydrogen) atoms. The van der Waals surface area contributed by atoms with Crippen LogP contribution in [0.1, 0.15) is 31.4 Å². The Morgan fingerprint density at radius 1 is 1.60 bits per heavy atom. The molecule has 1 aromatic heterocycles. The summed E-state index contributed by atoms with van der Waals surface area (Å²) >= 11 is 0.